The lowest BCUT2D eigenvalue weighted by Crippen LogP contribution is -2.72. The highest BCUT2D eigenvalue weighted by molar-refractivity contribution is 5.87. The third-order valence-electron chi connectivity index (χ3n) is 22.2. The molecule has 0 unspecified atom stereocenters. The Morgan fingerprint density at radius 1 is 0.663 bits per heavy atom. The number of ether oxygens (including phenoxy) is 10. The number of carboxylic acid groups (broad SMARTS) is 1. The highest BCUT2D eigenvalue weighted by atomic mass is 16.8. The van der Waals surface area contributed by atoms with Crippen LogP contribution in [-0.2, 0) is 66.5 Å². The molecule has 9 aliphatic rings. The summed E-state index contributed by atoms with van der Waals surface area (Å²) in [6.45, 7) is 13.9. The molecule has 5 aliphatic carbocycles. The Labute approximate surface area is 498 Å². The first kappa shape index (κ1) is 67.2. The van der Waals surface area contributed by atoms with Crippen molar-refractivity contribution in [3.8, 4) is 0 Å². The van der Waals surface area contributed by atoms with E-state index in [1.165, 1.54) is 6.92 Å². The van der Waals surface area contributed by atoms with Crippen molar-refractivity contribution in [3.63, 3.8) is 0 Å². The van der Waals surface area contributed by atoms with Gasteiger partial charge in [0.25, 0.3) is 0 Å². The minimum Gasteiger partial charge on any atom is -0.479 e. The number of aliphatic carboxylic acids is 1. The van der Waals surface area contributed by atoms with E-state index >= 15 is 0 Å². The number of fused-ring (bicyclic) bond motifs is 7. The first-order valence-corrected chi connectivity index (χ1v) is 29.9. The summed E-state index contributed by atoms with van der Waals surface area (Å²) in [4.78, 5) is 53.9. The number of carboxylic acids is 1. The number of aliphatic hydroxyl groups is 12. The Bertz CT molecular complexity index is 2550. The number of esters is 2. The van der Waals surface area contributed by atoms with E-state index in [9.17, 15) is 85.6 Å². The zero-order valence-electron chi connectivity index (χ0n) is 50.0. The zero-order chi connectivity index (χ0) is 63.3. The third-order valence-corrected chi connectivity index (χ3v) is 22.2. The van der Waals surface area contributed by atoms with Crippen LogP contribution in [0.3, 0.4) is 0 Å². The first-order chi connectivity index (χ1) is 40.3. The van der Waals surface area contributed by atoms with Crippen molar-refractivity contribution in [2.24, 2.45) is 50.2 Å². The SMILES string of the molecule is CC=C(C)C(=O)O[C@H]1[C@H](O)[C@]2(CO)[C@H](OC(C)=O)C[C@]3(C)C(=CC[C@@H]4[C@@]5(C)CC[C@H](O[C@@H]6O[C@H](C(=O)O)[C@@H](O)[C@H](O[C@@H]7OC[C@H](O)[C@H](O)[C@H]7O[C@@H]7OC[C@@H](O)[C@H](O)[C@H]7O)[C@H]6O[C@@H]6O[C@H](CO)[C@H](O)[C@H](O)[C@H]6O)[C@@](C)(C=O)[C@@H]5CC[C@]43C)[C@@H]2CC1(C)C. The number of aliphatic hydroxyl groups excluding tert-OH is 12. The highest BCUT2D eigenvalue weighted by Gasteiger charge is 2.74. The topological polar surface area (TPSA) is 424 Å². The van der Waals surface area contributed by atoms with E-state index < -0.39 is 224 Å². The number of hydrogen-bond acceptors (Lipinski definition) is 26. The summed E-state index contributed by atoms with van der Waals surface area (Å²) in [5.41, 5.74) is -4.44. The average Bonchev–Trinajstić information content (AvgIpc) is 0.671. The summed E-state index contributed by atoms with van der Waals surface area (Å²) < 4.78 is 60.5. The van der Waals surface area contributed by atoms with Gasteiger partial charge in [0.15, 0.2) is 31.3 Å². The molecule has 0 radical (unpaired) electrons. The van der Waals surface area contributed by atoms with E-state index in [2.05, 4.69) is 26.8 Å². The van der Waals surface area contributed by atoms with Crippen LogP contribution in [0.5, 0.6) is 0 Å². The van der Waals surface area contributed by atoms with Gasteiger partial charge < -0.3 is 119 Å². The van der Waals surface area contributed by atoms with Gasteiger partial charge in [0.05, 0.1) is 43.4 Å². The van der Waals surface area contributed by atoms with Crippen LogP contribution in [-0.4, -0.2) is 252 Å². The van der Waals surface area contributed by atoms with Crippen molar-refractivity contribution in [1.29, 1.82) is 0 Å². The lowest BCUT2D eigenvalue weighted by Gasteiger charge is -2.72. The summed E-state index contributed by atoms with van der Waals surface area (Å²) in [5.74, 6) is -4.20. The molecule has 0 spiro atoms. The van der Waals surface area contributed by atoms with Gasteiger partial charge in [-0.25, -0.2) is 9.59 Å². The molecule has 86 heavy (non-hydrogen) atoms. The second-order valence-corrected chi connectivity index (χ2v) is 27.3. The predicted molar refractivity (Wildman–Crippen MR) is 289 cm³/mol. The van der Waals surface area contributed by atoms with Crippen LogP contribution in [0.25, 0.3) is 0 Å². The first-order valence-electron chi connectivity index (χ1n) is 29.9. The van der Waals surface area contributed by atoms with Gasteiger partial charge in [-0.3, -0.25) is 4.79 Å². The summed E-state index contributed by atoms with van der Waals surface area (Å²) in [5, 5.41) is 143. The third kappa shape index (κ3) is 10.9. The molecule has 488 valence electrons. The molecule has 0 aromatic rings. The van der Waals surface area contributed by atoms with Crippen LogP contribution >= 0.6 is 0 Å². The molecule has 9 rings (SSSR count). The number of rotatable bonds is 15. The minimum absolute atomic E-state index is 0.107. The monoisotopic (exact) mass is 1230 g/mol. The predicted octanol–water partition coefficient (Wildman–Crippen LogP) is -2.01. The zero-order valence-corrected chi connectivity index (χ0v) is 50.0. The molecule has 0 aromatic carbocycles. The fourth-order valence-electron chi connectivity index (χ4n) is 17.0. The second-order valence-electron chi connectivity index (χ2n) is 27.3. The maximum atomic E-state index is 14.2. The summed E-state index contributed by atoms with van der Waals surface area (Å²) in [6, 6.07) is 0. The fourth-order valence-corrected chi connectivity index (χ4v) is 17.0. The molecule has 13 N–H and O–H groups in total. The smallest absolute Gasteiger partial charge is 0.335 e. The van der Waals surface area contributed by atoms with Gasteiger partial charge in [0.1, 0.15) is 104 Å². The Balaban J connectivity index is 1.06. The lowest BCUT2D eigenvalue weighted by molar-refractivity contribution is -0.398. The molecule has 30 atom stereocenters. The molecule has 0 aromatic heterocycles. The largest absolute Gasteiger partial charge is 0.479 e. The quantitative estimate of drug-likeness (QED) is 0.0277. The van der Waals surface area contributed by atoms with Gasteiger partial charge >= 0.3 is 17.9 Å². The maximum absolute atomic E-state index is 14.2. The van der Waals surface area contributed by atoms with E-state index in [0.717, 1.165) is 11.9 Å². The van der Waals surface area contributed by atoms with Crippen molar-refractivity contribution < 1.29 is 133 Å². The highest BCUT2D eigenvalue weighted by Crippen LogP contribution is 2.76. The Hall–Kier alpha value is -3.24. The molecule has 4 saturated heterocycles. The van der Waals surface area contributed by atoms with Gasteiger partial charge in [-0.05, 0) is 92.8 Å². The summed E-state index contributed by atoms with van der Waals surface area (Å²) in [7, 11) is 0. The standard InChI is InChI=1S/C59H90O27/c1-10-24(2)49(76)86-47-46(73)59(23-62)27(17-54(47,4)5)26-11-12-32-55(6)15-14-33(56(7,22-61)31(55)13-16-57(32,8)58(26,9)18-34(59)79-25(3)63)81-53-45(85-51-40(71)38(69)37(68)30(19-60)80-51)42(41(72)43(83-53)48(74)75)82-52-44(36(67)29(65)21-78-52)84-50-39(70)35(66)28(64)20-77-50/h10-11,22,27-47,50-53,60,62,64-73H,12-21,23H2,1-9H3,(H,74,75)/t27-,28+,29-,30+,31+,32+,33-,34+,35-,36-,37-,38-,39+,40+,41-,42-,43-,44+,45+,46-,47-,50-,51-,52-,53+,55-,56-,57+,58+,59-/m0/s1. The van der Waals surface area contributed by atoms with Crippen LogP contribution < -0.4 is 0 Å². The Morgan fingerprint density at radius 3 is 1.91 bits per heavy atom. The van der Waals surface area contributed by atoms with Crippen molar-refractivity contribution >= 4 is 24.2 Å². The number of allylic oxidation sites excluding steroid dienone is 3. The van der Waals surface area contributed by atoms with Crippen LogP contribution in [0.4, 0.5) is 0 Å². The maximum Gasteiger partial charge on any atom is 0.335 e. The Morgan fingerprint density at radius 2 is 1.29 bits per heavy atom. The van der Waals surface area contributed by atoms with E-state index in [1.54, 1.807) is 26.8 Å². The van der Waals surface area contributed by atoms with Crippen molar-refractivity contribution in [2.75, 3.05) is 26.4 Å². The molecule has 0 bridgehead atoms. The summed E-state index contributed by atoms with van der Waals surface area (Å²) >= 11 is 0. The molecule has 4 saturated carbocycles. The Kier molecular flexibility index (Phi) is 19.3. The summed E-state index contributed by atoms with van der Waals surface area (Å²) in [6.07, 6.45) is -32.4. The van der Waals surface area contributed by atoms with Gasteiger partial charge in [0.2, 0.25) is 0 Å². The fraction of sp³-hybridized carbons (Fsp3) is 0.864. The molecule has 27 nitrogen and oxygen atoms in total. The molecular formula is C59H90O27. The van der Waals surface area contributed by atoms with E-state index in [1.807, 2.05) is 13.8 Å². The van der Waals surface area contributed by atoms with Crippen molar-refractivity contribution in [3.05, 3.63) is 23.3 Å². The molecular weight excluding hydrogens is 1140 g/mol. The van der Waals surface area contributed by atoms with E-state index in [4.69, 9.17) is 47.4 Å². The van der Waals surface area contributed by atoms with Crippen LogP contribution in [0.1, 0.15) is 107 Å². The number of carbonyl (C=O) groups is 4. The average molecular weight is 1230 g/mol. The van der Waals surface area contributed by atoms with Gasteiger partial charge in [-0.2, -0.15) is 0 Å². The van der Waals surface area contributed by atoms with Crippen LogP contribution in [0, 0.1) is 50.2 Å². The molecule has 8 fully saturated rings. The normalized spacial score (nSPS) is 51.1. The van der Waals surface area contributed by atoms with Gasteiger partial charge in [-0.15, -0.1) is 0 Å². The number of hydrogen-bond donors (Lipinski definition) is 13. The number of aldehydes is 1. The van der Waals surface area contributed by atoms with Gasteiger partial charge in [-0.1, -0.05) is 59.3 Å². The van der Waals surface area contributed by atoms with Crippen LogP contribution in [0.2, 0.25) is 0 Å². The lowest BCUT2D eigenvalue weighted by atomic mass is 9.33. The van der Waals surface area contributed by atoms with Crippen LogP contribution in [0.15, 0.2) is 23.3 Å². The molecule has 27 heteroatoms. The van der Waals surface area contributed by atoms with E-state index in [0.29, 0.717) is 37.7 Å². The molecule has 4 aliphatic heterocycles. The second kappa shape index (κ2) is 24.8. The minimum atomic E-state index is -2.28. The van der Waals surface area contributed by atoms with E-state index in [-0.39, 0.29) is 18.8 Å². The number of carbonyl (C=O) groups excluding carboxylic acids is 3. The molecule has 0 amide bonds. The van der Waals surface area contributed by atoms with Gasteiger partial charge in [0, 0.05) is 17.9 Å². The van der Waals surface area contributed by atoms with Crippen molar-refractivity contribution in [1.82, 2.24) is 0 Å². The molecule has 4 heterocycles. The van der Waals surface area contributed by atoms with Crippen molar-refractivity contribution in [2.45, 2.75) is 242 Å².